The quantitative estimate of drug-likeness (QED) is 0.836. The van der Waals surface area contributed by atoms with Crippen LogP contribution in [0.4, 0.5) is 0 Å². The molecule has 6 nitrogen and oxygen atoms in total. The Morgan fingerprint density at radius 3 is 2.43 bits per heavy atom. The van der Waals surface area contributed by atoms with E-state index in [1.807, 2.05) is 54.6 Å². The van der Waals surface area contributed by atoms with Crippen molar-refractivity contribution in [1.29, 1.82) is 0 Å². The third-order valence-corrected chi connectivity index (χ3v) is 5.10. The van der Waals surface area contributed by atoms with Crippen LogP contribution in [0.1, 0.15) is 36.0 Å². The van der Waals surface area contributed by atoms with Gasteiger partial charge in [0.15, 0.2) is 0 Å². The maximum Gasteiger partial charge on any atom is 0.312 e. The van der Waals surface area contributed by atoms with Crippen LogP contribution in [0.3, 0.4) is 0 Å². The zero-order chi connectivity index (χ0) is 20.1. The SMILES string of the molecule is CC(=O)N(CCC(=O)N1Cc2ccccc2C(C(=O)O)C1)Cc1ccccc1. The Bertz CT molecular complexity index is 866. The molecule has 1 aliphatic rings. The summed E-state index contributed by atoms with van der Waals surface area (Å²) in [5.41, 5.74) is 2.64. The summed E-state index contributed by atoms with van der Waals surface area (Å²) in [6.45, 7) is 2.80. The molecule has 2 amide bonds. The van der Waals surface area contributed by atoms with E-state index in [1.54, 1.807) is 9.80 Å². The minimum absolute atomic E-state index is 0.0935. The molecule has 2 aromatic carbocycles. The van der Waals surface area contributed by atoms with Crippen LogP contribution < -0.4 is 0 Å². The summed E-state index contributed by atoms with van der Waals surface area (Å²) in [5, 5.41) is 9.55. The van der Waals surface area contributed by atoms with E-state index in [9.17, 15) is 19.5 Å². The number of fused-ring (bicyclic) bond motifs is 1. The van der Waals surface area contributed by atoms with Crippen LogP contribution in [-0.4, -0.2) is 45.8 Å². The lowest BCUT2D eigenvalue weighted by Gasteiger charge is -2.33. The molecule has 0 fully saturated rings. The summed E-state index contributed by atoms with van der Waals surface area (Å²) >= 11 is 0. The minimum atomic E-state index is -0.931. The Balaban J connectivity index is 1.65. The fraction of sp³-hybridized carbons (Fsp3) is 0.318. The molecular weight excluding hydrogens is 356 g/mol. The van der Waals surface area contributed by atoms with Gasteiger partial charge in [0, 0.05) is 39.5 Å². The van der Waals surface area contributed by atoms with Crippen molar-refractivity contribution >= 4 is 17.8 Å². The molecule has 0 saturated heterocycles. The van der Waals surface area contributed by atoms with Crippen molar-refractivity contribution in [2.45, 2.75) is 32.4 Å². The highest BCUT2D eigenvalue weighted by atomic mass is 16.4. The van der Waals surface area contributed by atoms with Gasteiger partial charge in [-0.05, 0) is 16.7 Å². The molecule has 146 valence electrons. The van der Waals surface area contributed by atoms with E-state index in [2.05, 4.69) is 0 Å². The predicted octanol–water partition coefficient (Wildman–Crippen LogP) is 2.64. The summed E-state index contributed by atoms with van der Waals surface area (Å²) in [7, 11) is 0. The lowest BCUT2D eigenvalue weighted by Crippen LogP contribution is -2.42. The van der Waals surface area contributed by atoms with Gasteiger partial charge in [-0.25, -0.2) is 0 Å². The Labute approximate surface area is 164 Å². The number of carbonyl (C=O) groups excluding carboxylic acids is 2. The minimum Gasteiger partial charge on any atom is -0.481 e. The zero-order valence-electron chi connectivity index (χ0n) is 15.9. The lowest BCUT2D eigenvalue weighted by molar-refractivity contribution is -0.141. The van der Waals surface area contributed by atoms with Crippen LogP contribution in [-0.2, 0) is 27.5 Å². The summed E-state index contributed by atoms with van der Waals surface area (Å²) in [6.07, 6.45) is 0.168. The van der Waals surface area contributed by atoms with E-state index in [0.29, 0.717) is 19.6 Å². The Morgan fingerprint density at radius 2 is 1.75 bits per heavy atom. The molecule has 2 aromatic rings. The number of carboxylic acid groups (broad SMARTS) is 1. The molecule has 1 aliphatic heterocycles. The lowest BCUT2D eigenvalue weighted by atomic mass is 9.89. The van der Waals surface area contributed by atoms with Gasteiger partial charge in [0.2, 0.25) is 11.8 Å². The van der Waals surface area contributed by atoms with Crippen LogP contribution in [0.2, 0.25) is 0 Å². The number of nitrogens with zero attached hydrogens (tertiary/aromatic N) is 2. The second-order valence-corrected chi connectivity index (χ2v) is 7.04. The molecule has 28 heavy (non-hydrogen) atoms. The fourth-order valence-electron chi connectivity index (χ4n) is 3.55. The second kappa shape index (κ2) is 8.69. The highest BCUT2D eigenvalue weighted by Gasteiger charge is 2.32. The number of amides is 2. The van der Waals surface area contributed by atoms with E-state index >= 15 is 0 Å². The summed E-state index contributed by atoms with van der Waals surface area (Å²) < 4.78 is 0. The van der Waals surface area contributed by atoms with Crippen LogP contribution in [0, 0.1) is 0 Å². The Hall–Kier alpha value is -3.15. The zero-order valence-corrected chi connectivity index (χ0v) is 15.9. The molecule has 1 unspecified atom stereocenters. The molecular formula is C22H24N2O4. The van der Waals surface area contributed by atoms with Crippen molar-refractivity contribution in [3.63, 3.8) is 0 Å². The number of hydrogen-bond acceptors (Lipinski definition) is 3. The molecule has 3 rings (SSSR count). The first-order valence-electron chi connectivity index (χ1n) is 9.33. The van der Waals surface area contributed by atoms with Gasteiger partial charge >= 0.3 is 5.97 Å². The highest BCUT2D eigenvalue weighted by Crippen LogP contribution is 2.28. The summed E-state index contributed by atoms with van der Waals surface area (Å²) in [4.78, 5) is 39.6. The number of hydrogen-bond donors (Lipinski definition) is 1. The van der Waals surface area contributed by atoms with Crippen LogP contribution in [0.5, 0.6) is 0 Å². The van der Waals surface area contributed by atoms with Crippen molar-refractivity contribution in [3.05, 3.63) is 71.3 Å². The third kappa shape index (κ3) is 4.57. The van der Waals surface area contributed by atoms with Crippen molar-refractivity contribution in [2.24, 2.45) is 0 Å². The molecule has 0 aliphatic carbocycles. The first-order chi connectivity index (χ1) is 13.5. The molecule has 0 saturated carbocycles. The molecule has 1 N–H and O–H groups in total. The van der Waals surface area contributed by atoms with Gasteiger partial charge in [0.25, 0.3) is 0 Å². The van der Waals surface area contributed by atoms with Crippen molar-refractivity contribution in [3.8, 4) is 0 Å². The van der Waals surface area contributed by atoms with Gasteiger partial charge in [-0.1, -0.05) is 54.6 Å². The number of aliphatic carboxylic acids is 1. The number of rotatable bonds is 6. The highest BCUT2D eigenvalue weighted by molar-refractivity contribution is 5.82. The average molecular weight is 380 g/mol. The van der Waals surface area contributed by atoms with Crippen molar-refractivity contribution < 1.29 is 19.5 Å². The smallest absolute Gasteiger partial charge is 0.312 e. The average Bonchev–Trinajstić information content (AvgIpc) is 2.70. The predicted molar refractivity (Wildman–Crippen MR) is 104 cm³/mol. The van der Waals surface area contributed by atoms with Crippen LogP contribution >= 0.6 is 0 Å². The first-order valence-corrected chi connectivity index (χ1v) is 9.33. The maximum atomic E-state index is 12.8. The molecule has 6 heteroatoms. The Morgan fingerprint density at radius 1 is 1.07 bits per heavy atom. The normalized spacial score (nSPS) is 15.6. The summed E-state index contributed by atoms with van der Waals surface area (Å²) in [5.74, 6) is -1.88. The molecule has 0 spiro atoms. The second-order valence-electron chi connectivity index (χ2n) is 7.04. The number of carbonyl (C=O) groups is 3. The largest absolute Gasteiger partial charge is 0.481 e. The van der Waals surface area contributed by atoms with Gasteiger partial charge < -0.3 is 14.9 Å². The van der Waals surface area contributed by atoms with E-state index in [-0.39, 0.29) is 24.8 Å². The summed E-state index contributed by atoms with van der Waals surface area (Å²) in [6, 6.07) is 17.0. The molecule has 1 heterocycles. The van der Waals surface area contributed by atoms with Crippen LogP contribution in [0.15, 0.2) is 54.6 Å². The van der Waals surface area contributed by atoms with Crippen molar-refractivity contribution in [2.75, 3.05) is 13.1 Å². The molecule has 0 radical (unpaired) electrons. The van der Waals surface area contributed by atoms with Gasteiger partial charge in [0.05, 0.1) is 5.92 Å². The molecule has 1 atom stereocenters. The van der Waals surface area contributed by atoms with Gasteiger partial charge in [-0.3, -0.25) is 14.4 Å². The monoisotopic (exact) mass is 380 g/mol. The first kappa shape index (κ1) is 19.6. The van der Waals surface area contributed by atoms with Crippen molar-refractivity contribution in [1.82, 2.24) is 9.80 Å². The standard InChI is InChI=1S/C22H24N2O4/c1-16(25)23(13-17-7-3-2-4-8-17)12-11-21(26)24-14-18-9-5-6-10-19(18)20(15-24)22(27)28/h2-10,20H,11-15H2,1H3,(H,27,28). The number of carboxylic acids is 1. The molecule has 0 aromatic heterocycles. The third-order valence-electron chi connectivity index (χ3n) is 5.10. The molecule has 0 bridgehead atoms. The number of benzene rings is 2. The van der Waals surface area contributed by atoms with E-state index < -0.39 is 11.9 Å². The van der Waals surface area contributed by atoms with Gasteiger partial charge in [0.1, 0.15) is 0 Å². The Kier molecular flexibility index (Phi) is 6.09. The van der Waals surface area contributed by atoms with Gasteiger partial charge in [-0.15, -0.1) is 0 Å². The van der Waals surface area contributed by atoms with E-state index in [1.165, 1.54) is 6.92 Å². The van der Waals surface area contributed by atoms with E-state index in [4.69, 9.17) is 0 Å². The van der Waals surface area contributed by atoms with E-state index in [0.717, 1.165) is 16.7 Å². The fourth-order valence-corrected chi connectivity index (χ4v) is 3.55. The maximum absolute atomic E-state index is 12.8. The van der Waals surface area contributed by atoms with Crippen LogP contribution in [0.25, 0.3) is 0 Å². The van der Waals surface area contributed by atoms with Gasteiger partial charge in [-0.2, -0.15) is 0 Å². The topological polar surface area (TPSA) is 77.9 Å².